The second-order valence-corrected chi connectivity index (χ2v) is 6.16. The quantitative estimate of drug-likeness (QED) is 0.691. The molecule has 2 N–H and O–H groups in total. The van der Waals surface area contributed by atoms with E-state index < -0.39 is 5.82 Å². The van der Waals surface area contributed by atoms with E-state index in [1.807, 2.05) is 49.4 Å². The minimum atomic E-state index is -0.445. The maximum Gasteiger partial charge on any atom is 0.238 e. The zero-order valence-corrected chi connectivity index (χ0v) is 14.6. The summed E-state index contributed by atoms with van der Waals surface area (Å²) in [7, 11) is 0. The predicted molar refractivity (Wildman–Crippen MR) is 102 cm³/mol. The van der Waals surface area contributed by atoms with Crippen molar-refractivity contribution in [1.82, 2.24) is 5.32 Å². The number of para-hydroxylation sites is 1. The molecule has 0 bridgehead atoms. The zero-order chi connectivity index (χ0) is 18.4. The smallest absolute Gasteiger partial charge is 0.238 e. The van der Waals surface area contributed by atoms with Crippen LogP contribution in [0, 0.1) is 12.7 Å². The third kappa shape index (κ3) is 4.55. The average molecular weight is 348 g/mol. The van der Waals surface area contributed by atoms with Crippen molar-refractivity contribution in [1.29, 1.82) is 0 Å². The van der Waals surface area contributed by atoms with Crippen molar-refractivity contribution in [3.05, 3.63) is 101 Å². The van der Waals surface area contributed by atoms with Crippen LogP contribution in [-0.4, -0.2) is 12.5 Å². The Hall–Kier alpha value is -2.98. The summed E-state index contributed by atoms with van der Waals surface area (Å²) in [5.41, 5.74) is 3.50. The summed E-state index contributed by atoms with van der Waals surface area (Å²) in [4.78, 5) is 12.2. The number of anilines is 1. The van der Waals surface area contributed by atoms with E-state index >= 15 is 0 Å². The van der Waals surface area contributed by atoms with Crippen molar-refractivity contribution in [2.45, 2.75) is 13.0 Å². The first-order chi connectivity index (χ1) is 12.6. The van der Waals surface area contributed by atoms with Gasteiger partial charge in [-0.15, -0.1) is 0 Å². The standard InChI is InChI=1S/C22H21FN2O/c1-16-11-13-18(14-12-16)22(17-7-3-2-4-8-17)24-15-21(26)25-20-10-6-5-9-19(20)23/h2-14,22,24H,15H2,1H3,(H,25,26)/t22-/m0/s1. The molecule has 3 aromatic rings. The van der Waals surface area contributed by atoms with E-state index in [1.165, 1.54) is 11.6 Å². The molecule has 1 atom stereocenters. The van der Waals surface area contributed by atoms with Crippen molar-refractivity contribution in [2.24, 2.45) is 0 Å². The van der Waals surface area contributed by atoms with Gasteiger partial charge in [0.05, 0.1) is 18.3 Å². The van der Waals surface area contributed by atoms with Gasteiger partial charge in [0.1, 0.15) is 5.82 Å². The largest absolute Gasteiger partial charge is 0.322 e. The van der Waals surface area contributed by atoms with Gasteiger partial charge < -0.3 is 5.32 Å². The molecule has 26 heavy (non-hydrogen) atoms. The Labute approximate surface area is 152 Å². The Morgan fingerprint density at radius 2 is 1.50 bits per heavy atom. The molecule has 0 aliphatic carbocycles. The fraction of sp³-hybridized carbons (Fsp3) is 0.136. The number of benzene rings is 3. The second kappa shape index (κ2) is 8.41. The van der Waals surface area contributed by atoms with E-state index in [-0.39, 0.29) is 24.2 Å². The van der Waals surface area contributed by atoms with Gasteiger partial charge in [0, 0.05) is 0 Å². The number of rotatable bonds is 6. The lowest BCUT2D eigenvalue weighted by atomic mass is 9.98. The van der Waals surface area contributed by atoms with Crippen molar-refractivity contribution in [3.8, 4) is 0 Å². The molecule has 132 valence electrons. The highest BCUT2D eigenvalue weighted by Gasteiger charge is 2.15. The predicted octanol–water partition coefficient (Wildman–Crippen LogP) is 4.45. The van der Waals surface area contributed by atoms with Crippen LogP contribution < -0.4 is 10.6 Å². The molecule has 0 aliphatic rings. The Balaban J connectivity index is 1.73. The molecular weight excluding hydrogens is 327 g/mol. The van der Waals surface area contributed by atoms with Crippen LogP contribution in [0.3, 0.4) is 0 Å². The van der Waals surface area contributed by atoms with Crippen molar-refractivity contribution in [3.63, 3.8) is 0 Å². The Morgan fingerprint density at radius 1 is 0.885 bits per heavy atom. The number of amides is 1. The highest BCUT2D eigenvalue weighted by Crippen LogP contribution is 2.22. The van der Waals surface area contributed by atoms with E-state index in [1.54, 1.807) is 18.2 Å². The third-order valence-electron chi connectivity index (χ3n) is 4.16. The number of aryl methyl sites for hydroxylation is 1. The van der Waals surface area contributed by atoms with Crippen LogP contribution in [0.25, 0.3) is 0 Å². The first kappa shape index (κ1) is 17.8. The first-order valence-electron chi connectivity index (χ1n) is 8.53. The molecule has 0 spiro atoms. The van der Waals surface area contributed by atoms with Crippen LogP contribution in [0.1, 0.15) is 22.7 Å². The summed E-state index contributed by atoms with van der Waals surface area (Å²) in [5, 5.41) is 5.88. The Morgan fingerprint density at radius 3 is 2.19 bits per heavy atom. The Kier molecular flexibility index (Phi) is 5.77. The van der Waals surface area contributed by atoms with Gasteiger partial charge in [-0.25, -0.2) is 4.39 Å². The van der Waals surface area contributed by atoms with E-state index in [0.29, 0.717) is 0 Å². The van der Waals surface area contributed by atoms with Gasteiger partial charge in [0.15, 0.2) is 0 Å². The van der Waals surface area contributed by atoms with Crippen LogP contribution in [0.2, 0.25) is 0 Å². The number of halogens is 1. The molecule has 3 rings (SSSR count). The molecule has 4 heteroatoms. The number of nitrogens with one attached hydrogen (secondary N) is 2. The zero-order valence-electron chi connectivity index (χ0n) is 14.6. The van der Waals surface area contributed by atoms with E-state index in [0.717, 1.165) is 11.1 Å². The van der Waals surface area contributed by atoms with Crippen LogP contribution in [0.15, 0.2) is 78.9 Å². The number of hydrogen-bond acceptors (Lipinski definition) is 2. The first-order valence-corrected chi connectivity index (χ1v) is 8.53. The third-order valence-corrected chi connectivity index (χ3v) is 4.16. The lowest BCUT2D eigenvalue weighted by molar-refractivity contribution is -0.115. The minimum Gasteiger partial charge on any atom is -0.322 e. The molecule has 1 amide bonds. The lowest BCUT2D eigenvalue weighted by Crippen LogP contribution is -2.32. The van der Waals surface area contributed by atoms with Crippen LogP contribution >= 0.6 is 0 Å². The Bertz CT molecular complexity index is 863. The van der Waals surface area contributed by atoms with Gasteiger partial charge >= 0.3 is 0 Å². The maximum atomic E-state index is 13.7. The van der Waals surface area contributed by atoms with Gasteiger partial charge in [-0.2, -0.15) is 0 Å². The molecule has 0 heterocycles. The number of carbonyl (C=O) groups excluding carboxylic acids is 1. The van der Waals surface area contributed by atoms with Crippen molar-refractivity contribution >= 4 is 11.6 Å². The molecule has 0 aromatic heterocycles. The van der Waals surface area contributed by atoms with Gasteiger partial charge in [0.2, 0.25) is 5.91 Å². The van der Waals surface area contributed by atoms with Crippen LogP contribution in [-0.2, 0) is 4.79 Å². The molecule has 3 aromatic carbocycles. The van der Waals surface area contributed by atoms with Crippen LogP contribution in [0.5, 0.6) is 0 Å². The highest BCUT2D eigenvalue weighted by molar-refractivity contribution is 5.92. The fourth-order valence-corrected chi connectivity index (χ4v) is 2.78. The fourth-order valence-electron chi connectivity index (χ4n) is 2.78. The average Bonchev–Trinajstić information content (AvgIpc) is 2.66. The van der Waals surface area contributed by atoms with E-state index in [9.17, 15) is 9.18 Å². The summed E-state index contributed by atoms with van der Waals surface area (Å²) < 4.78 is 13.7. The monoisotopic (exact) mass is 348 g/mol. The summed E-state index contributed by atoms with van der Waals surface area (Å²) in [6.45, 7) is 2.11. The summed E-state index contributed by atoms with van der Waals surface area (Å²) in [5.74, 6) is -0.734. The van der Waals surface area contributed by atoms with E-state index in [4.69, 9.17) is 0 Å². The molecule has 0 radical (unpaired) electrons. The van der Waals surface area contributed by atoms with Gasteiger partial charge in [-0.3, -0.25) is 10.1 Å². The molecule has 0 aliphatic heterocycles. The van der Waals surface area contributed by atoms with E-state index in [2.05, 4.69) is 22.8 Å². The molecule has 0 unspecified atom stereocenters. The summed E-state index contributed by atoms with van der Waals surface area (Å²) >= 11 is 0. The summed E-state index contributed by atoms with van der Waals surface area (Å²) in [6, 6.07) is 24.2. The molecule has 3 nitrogen and oxygen atoms in total. The normalized spacial score (nSPS) is 11.8. The van der Waals surface area contributed by atoms with Gasteiger partial charge in [-0.05, 0) is 30.2 Å². The molecule has 0 fully saturated rings. The van der Waals surface area contributed by atoms with Crippen LogP contribution in [0.4, 0.5) is 10.1 Å². The molecule has 0 saturated heterocycles. The maximum absolute atomic E-state index is 13.7. The molecule has 0 saturated carbocycles. The number of carbonyl (C=O) groups is 1. The second-order valence-electron chi connectivity index (χ2n) is 6.16. The number of hydrogen-bond donors (Lipinski definition) is 2. The minimum absolute atomic E-state index is 0.0712. The van der Waals surface area contributed by atoms with Crippen molar-refractivity contribution < 1.29 is 9.18 Å². The SMILES string of the molecule is Cc1ccc([C@@H](NCC(=O)Nc2ccccc2F)c2ccccc2)cc1. The van der Waals surface area contributed by atoms with Gasteiger partial charge in [-0.1, -0.05) is 72.3 Å². The topological polar surface area (TPSA) is 41.1 Å². The molecular formula is C22H21FN2O. The summed E-state index contributed by atoms with van der Waals surface area (Å²) in [6.07, 6.45) is 0. The lowest BCUT2D eigenvalue weighted by Gasteiger charge is -2.20. The highest BCUT2D eigenvalue weighted by atomic mass is 19.1. The van der Waals surface area contributed by atoms with Gasteiger partial charge in [0.25, 0.3) is 0 Å². The van der Waals surface area contributed by atoms with Crippen molar-refractivity contribution in [2.75, 3.05) is 11.9 Å².